The fourth-order valence-corrected chi connectivity index (χ4v) is 2.26. The molecule has 0 saturated carbocycles. The number of amides is 1. The first kappa shape index (κ1) is 15.3. The number of nitrogens with zero attached hydrogens (tertiary/aromatic N) is 1. The van der Waals surface area contributed by atoms with Crippen LogP contribution in [0.15, 0.2) is 53.0 Å². The van der Waals surface area contributed by atoms with E-state index in [1.165, 1.54) is 17.0 Å². The van der Waals surface area contributed by atoms with Crippen LogP contribution >= 0.6 is 15.9 Å². The Balaban J connectivity index is 2.20. The van der Waals surface area contributed by atoms with E-state index in [0.717, 1.165) is 10.0 Å². The van der Waals surface area contributed by atoms with E-state index >= 15 is 0 Å². The van der Waals surface area contributed by atoms with E-state index in [2.05, 4.69) is 15.9 Å². The van der Waals surface area contributed by atoms with Crippen molar-refractivity contribution in [2.45, 2.75) is 6.54 Å². The highest BCUT2D eigenvalue weighted by Gasteiger charge is 2.19. The lowest BCUT2D eigenvalue weighted by Gasteiger charge is -2.18. The number of rotatable bonds is 4. The number of halogens is 1. The zero-order valence-corrected chi connectivity index (χ0v) is 13.0. The lowest BCUT2D eigenvalue weighted by atomic mass is 10.1. The Labute approximate surface area is 131 Å². The Kier molecular flexibility index (Phi) is 4.75. The van der Waals surface area contributed by atoms with Crippen molar-refractivity contribution in [2.24, 2.45) is 0 Å². The first-order valence-corrected chi connectivity index (χ1v) is 7.10. The Bertz CT molecular complexity index is 667. The van der Waals surface area contributed by atoms with Crippen molar-refractivity contribution in [1.29, 1.82) is 0 Å². The van der Waals surface area contributed by atoms with Gasteiger partial charge in [-0.05, 0) is 29.8 Å². The minimum Gasteiger partial charge on any atom is -0.478 e. The van der Waals surface area contributed by atoms with Gasteiger partial charge in [-0.1, -0.05) is 40.2 Å². The van der Waals surface area contributed by atoms with E-state index in [9.17, 15) is 9.59 Å². The molecule has 21 heavy (non-hydrogen) atoms. The van der Waals surface area contributed by atoms with Gasteiger partial charge in [-0.15, -0.1) is 0 Å². The first-order valence-electron chi connectivity index (χ1n) is 6.31. The standard InChI is InChI=1S/C16H14BrNO3/c1-18(10-11-6-8-12(17)9-7-11)15(19)13-4-2-3-5-14(13)16(20)21/h2-9H,10H2,1H3,(H,20,21). The third-order valence-electron chi connectivity index (χ3n) is 3.07. The molecule has 0 aliphatic rings. The molecule has 0 heterocycles. The molecular weight excluding hydrogens is 334 g/mol. The van der Waals surface area contributed by atoms with Crippen LogP contribution in [0.2, 0.25) is 0 Å². The quantitative estimate of drug-likeness (QED) is 0.921. The van der Waals surface area contributed by atoms with Gasteiger partial charge in [-0.3, -0.25) is 4.79 Å². The predicted molar refractivity (Wildman–Crippen MR) is 83.3 cm³/mol. The van der Waals surface area contributed by atoms with Crippen molar-refractivity contribution in [3.8, 4) is 0 Å². The third kappa shape index (κ3) is 3.70. The molecule has 0 saturated heterocycles. The van der Waals surface area contributed by atoms with E-state index in [1.54, 1.807) is 19.2 Å². The summed E-state index contributed by atoms with van der Waals surface area (Å²) in [6.07, 6.45) is 0. The van der Waals surface area contributed by atoms with Crippen LogP contribution in [0.25, 0.3) is 0 Å². The van der Waals surface area contributed by atoms with Crippen molar-refractivity contribution in [1.82, 2.24) is 4.90 Å². The molecule has 1 amide bonds. The average Bonchev–Trinajstić information content (AvgIpc) is 2.48. The van der Waals surface area contributed by atoms with E-state index in [1.807, 2.05) is 24.3 Å². The predicted octanol–water partition coefficient (Wildman–Crippen LogP) is 3.42. The van der Waals surface area contributed by atoms with E-state index in [4.69, 9.17) is 5.11 Å². The van der Waals surface area contributed by atoms with Crippen LogP contribution < -0.4 is 0 Å². The second-order valence-electron chi connectivity index (χ2n) is 4.64. The van der Waals surface area contributed by atoms with Crippen molar-refractivity contribution in [3.05, 3.63) is 69.7 Å². The molecule has 4 nitrogen and oxygen atoms in total. The normalized spacial score (nSPS) is 10.2. The molecule has 0 bridgehead atoms. The zero-order valence-electron chi connectivity index (χ0n) is 11.4. The Morgan fingerprint density at radius 2 is 1.62 bits per heavy atom. The van der Waals surface area contributed by atoms with Gasteiger partial charge in [-0.2, -0.15) is 0 Å². The van der Waals surface area contributed by atoms with Gasteiger partial charge in [0.05, 0.1) is 11.1 Å². The molecule has 2 rings (SSSR count). The fraction of sp³-hybridized carbons (Fsp3) is 0.125. The topological polar surface area (TPSA) is 57.6 Å². The van der Waals surface area contributed by atoms with Crippen LogP contribution in [-0.2, 0) is 6.54 Å². The smallest absolute Gasteiger partial charge is 0.336 e. The SMILES string of the molecule is CN(Cc1ccc(Br)cc1)C(=O)c1ccccc1C(=O)O. The fourth-order valence-electron chi connectivity index (χ4n) is 2.00. The lowest BCUT2D eigenvalue weighted by molar-refractivity contribution is 0.0680. The summed E-state index contributed by atoms with van der Waals surface area (Å²) < 4.78 is 0.969. The molecule has 0 aliphatic carbocycles. The van der Waals surface area contributed by atoms with Gasteiger partial charge >= 0.3 is 5.97 Å². The first-order chi connectivity index (χ1) is 9.99. The van der Waals surface area contributed by atoms with Gasteiger partial charge in [0.1, 0.15) is 0 Å². The Hall–Kier alpha value is -2.14. The largest absolute Gasteiger partial charge is 0.478 e. The summed E-state index contributed by atoms with van der Waals surface area (Å²) in [5.74, 6) is -1.41. The monoisotopic (exact) mass is 347 g/mol. The van der Waals surface area contributed by atoms with Crippen LogP contribution in [0.1, 0.15) is 26.3 Å². The summed E-state index contributed by atoms with van der Waals surface area (Å²) in [5, 5.41) is 9.14. The van der Waals surface area contributed by atoms with Gasteiger partial charge in [0.25, 0.3) is 5.91 Å². The van der Waals surface area contributed by atoms with Crippen molar-refractivity contribution >= 4 is 27.8 Å². The van der Waals surface area contributed by atoms with Gasteiger partial charge in [0.15, 0.2) is 0 Å². The van der Waals surface area contributed by atoms with Crippen molar-refractivity contribution in [3.63, 3.8) is 0 Å². The molecule has 1 N–H and O–H groups in total. The maximum Gasteiger partial charge on any atom is 0.336 e. The number of carboxylic acids is 1. The number of hydrogen-bond donors (Lipinski definition) is 1. The van der Waals surface area contributed by atoms with Gasteiger partial charge in [0.2, 0.25) is 0 Å². The Morgan fingerprint density at radius 1 is 1.05 bits per heavy atom. The summed E-state index contributed by atoms with van der Waals surface area (Å²) in [6, 6.07) is 13.9. The van der Waals surface area contributed by atoms with E-state index in [0.29, 0.717) is 6.54 Å². The maximum absolute atomic E-state index is 12.4. The number of benzene rings is 2. The van der Waals surface area contributed by atoms with Gasteiger partial charge < -0.3 is 10.0 Å². The molecule has 0 atom stereocenters. The highest BCUT2D eigenvalue weighted by atomic mass is 79.9. The highest BCUT2D eigenvalue weighted by molar-refractivity contribution is 9.10. The molecule has 0 aromatic heterocycles. The van der Waals surface area contributed by atoms with E-state index < -0.39 is 5.97 Å². The van der Waals surface area contributed by atoms with Crippen LogP contribution in [0.4, 0.5) is 0 Å². The van der Waals surface area contributed by atoms with Gasteiger partial charge in [0, 0.05) is 18.1 Å². The van der Waals surface area contributed by atoms with Crippen molar-refractivity contribution in [2.75, 3.05) is 7.05 Å². The highest BCUT2D eigenvalue weighted by Crippen LogP contribution is 2.15. The Morgan fingerprint density at radius 3 is 2.19 bits per heavy atom. The molecule has 108 valence electrons. The van der Waals surface area contributed by atoms with Gasteiger partial charge in [-0.25, -0.2) is 4.79 Å². The van der Waals surface area contributed by atoms with Crippen LogP contribution in [0.3, 0.4) is 0 Å². The summed E-state index contributed by atoms with van der Waals surface area (Å²) in [4.78, 5) is 25.1. The minimum atomic E-state index is -1.10. The maximum atomic E-state index is 12.4. The zero-order chi connectivity index (χ0) is 15.4. The van der Waals surface area contributed by atoms with E-state index in [-0.39, 0.29) is 17.0 Å². The third-order valence-corrected chi connectivity index (χ3v) is 3.60. The molecule has 2 aromatic carbocycles. The molecule has 0 spiro atoms. The number of carboxylic acid groups (broad SMARTS) is 1. The molecular formula is C16H14BrNO3. The molecule has 0 aliphatic heterocycles. The second kappa shape index (κ2) is 6.54. The number of carbonyl (C=O) groups excluding carboxylic acids is 1. The molecule has 0 unspecified atom stereocenters. The molecule has 0 radical (unpaired) electrons. The number of hydrogen-bond acceptors (Lipinski definition) is 2. The average molecular weight is 348 g/mol. The van der Waals surface area contributed by atoms with Crippen molar-refractivity contribution < 1.29 is 14.7 Å². The summed E-state index contributed by atoms with van der Waals surface area (Å²) in [6.45, 7) is 0.417. The van der Waals surface area contributed by atoms with Crippen LogP contribution in [0, 0.1) is 0 Å². The molecule has 0 fully saturated rings. The van der Waals surface area contributed by atoms with Crippen LogP contribution in [0.5, 0.6) is 0 Å². The molecule has 2 aromatic rings. The van der Waals surface area contributed by atoms with Crippen LogP contribution in [-0.4, -0.2) is 28.9 Å². The summed E-state index contributed by atoms with van der Waals surface area (Å²) >= 11 is 3.36. The number of aromatic carboxylic acids is 1. The minimum absolute atomic E-state index is 0.0187. The summed E-state index contributed by atoms with van der Waals surface area (Å²) in [7, 11) is 1.66. The lowest BCUT2D eigenvalue weighted by Crippen LogP contribution is -2.27. The number of carbonyl (C=O) groups is 2. The molecule has 5 heteroatoms. The summed E-state index contributed by atoms with van der Waals surface area (Å²) in [5.41, 5.74) is 1.19. The second-order valence-corrected chi connectivity index (χ2v) is 5.55.